The molecule has 0 unspecified atom stereocenters. The van der Waals surface area contributed by atoms with Crippen LogP contribution in [0.2, 0.25) is 0 Å². The number of nitrogens with zero attached hydrogens (tertiary/aromatic N) is 2. The van der Waals surface area contributed by atoms with Crippen molar-refractivity contribution < 1.29 is 8.42 Å². The molecule has 2 heterocycles. The molecule has 0 aliphatic rings. The van der Waals surface area contributed by atoms with E-state index in [-0.39, 0.29) is 11.6 Å². The maximum Gasteiger partial charge on any atom is 0.260 e. The fourth-order valence-electron chi connectivity index (χ4n) is 2.03. The summed E-state index contributed by atoms with van der Waals surface area (Å²) < 4.78 is 29.3. The number of hydrogen-bond donors (Lipinski definition) is 2. The zero-order valence-corrected chi connectivity index (χ0v) is 12.9. The van der Waals surface area contributed by atoms with Gasteiger partial charge in [-0.2, -0.15) is 0 Å². The summed E-state index contributed by atoms with van der Waals surface area (Å²) in [4.78, 5) is 4.90. The molecule has 2 aromatic heterocycles. The minimum absolute atomic E-state index is 0.136. The lowest BCUT2D eigenvalue weighted by Gasteiger charge is -2.07. The lowest BCUT2D eigenvalue weighted by atomic mass is 10.2. The highest BCUT2D eigenvalue weighted by atomic mass is 32.2. The predicted octanol–water partition coefficient (Wildman–Crippen LogP) is 1.92. The summed E-state index contributed by atoms with van der Waals surface area (Å²) >= 11 is 1.39. The summed E-state index contributed by atoms with van der Waals surface area (Å²) in [5.74, 6) is 0.349. The van der Waals surface area contributed by atoms with Crippen molar-refractivity contribution in [3.8, 4) is 0 Å². The first kappa shape index (κ1) is 14.1. The van der Waals surface area contributed by atoms with Crippen LogP contribution in [0.15, 0.2) is 46.9 Å². The van der Waals surface area contributed by atoms with Gasteiger partial charge in [-0.05, 0) is 5.56 Å². The van der Waals surface area contributed by atoms with Crippen molar-refractivity contribution in [3.63, 3.8) is 0 Å². The van der Waals surface area contributed by atoms with Gasteiger partial charge in [0.1, 0.15) is 0 Å². The van der Waals surface area contributed by atoms with E-state index < -0.39 is 10.0 Å². The molecule has 3 aromatic rings. The molecule has 0 fully saturated rings. The maximum atomic E-state index is 12.6. The van der Waals surface area contributed by atoms with Gasteiger partial charge in [-0.15, -0.1) is 11.3 Å². The Bertz CT molecular complexity index is 853. The first-order valence-corrected chi connectivity index (χ1v) is 8.65. The highest BCUT2D eigenvalue weighted by Crippen LogP contribution is 2.25. The fourth-order valence-corrected chi connectivity index (χ4v) is 4.10. The van der Waals surface area contributed by atoms with Crippen LogP contribution in [-0.4, -0.2) is 24.9 Å². The molecule has 0 bridgehead atoms. The SMILES string of the molecule is CNc1nc2sccn2c1S(=O)(=O)NCc1ccccc1. The van der Waals surface area contributed by atoms with Crippen LogP contribution in [0.3, 0.4) is 0 Å². The third-order valence-electron chi connectivity index (χ3n) is 3.02. The van der Waals surface area contributed by atoms with Crippen LogP contribution < -0.4 is 10.0 Å². The van der Waals surface area contributed by atoms with Crippen LogP contribution in [0.1, 0.15) is 5.56 Å². The number of rotatable bonds is 5. The van der Waals surface area contributed by atoms with Crippen LogP contribution in [0.5, 0.6) is 0 Å². The first-order valence-electron chi connectivity index (χ1n) is 6.29. The van der Waals surface area contributed by atoms with Crippen molar-refractivity contribution in [3.05, 3.63) is 47.5 Å². The Morgan fingerprint density at radius 2 is 2.05 bits per heavy atom. The Morgan fingerprint density at radius 3 is 2.76 bits per heavy atom. The molecular weight excluding hydrogens is 308 g/mol. The zero-order chi connectivity index (χ0) is 14.9. The number of anilines is 1. The third kappa shape index (κ3) is 2.65. The minimum atomic E-state index is -3.66. The minimum Gasteiger partial charge on any atom is -0.371 e. The molecule has 0 amide bonds. The molecule has 110 valence electrons. The summed E-state index contributed by atoms with van der Waals surface area (Å²) in [6.45, 7) is 0.240. The number of thiazole rings is 1. The molecule has 0 aliphatic heterocycles. The normalized spacial score (nSPS) is 11.9. The lowest BCUT2D eigenvalue weighted by molar-refractivity contribution is 0.577. The quantitative estimate of drug-likeness (QED) is 0.752. The molecule has 1 aromatic carbocycles. The van der Waals surface area contributed by atoms with Gasteiger partial charge in [0.05, 0.1) is 0 Å². The molecule has 0 aliphatic carbocycles. The van der Waals surface area contributed by atoms with Crippen molar-refractivity contribution in [2.75, 3.05) is 12.4 Å². The van der Waals surface area contributed by atoms with Crippen LogP contribution >= 0.6 is 11.3 Å². The molecule has 8 heteroatoms. The van der Waals surface area contributed by atoms with Gasteiger partial charge in [0.15, 0.2) is 15.8 Å². The van der Waals surface area contributed by atoms with E-state index in [1.165, 1.54) is 11.3 Å². The standard InChI is InChI=1S/C13H14N4O2S2/c1-14-11-12(17-7-8-20-13(17)16-11)21(18,19)15-9-10-5-3-2-4-6-10/h2-8,14-15H,9H2,1H3. The van der Waals surface area contributed by atoms with Crippen molar-refractivity contribution in [1.82, 2.24) is 14.1 Å². The number of sulfonamides is 1. The van der Waals surface area contributed by atoms with Gasteiger partial charge >= 0.3 is 0 Å². The monoisotopic (exact) mass is 322 g/mol. The van der Waals surface area contributed by atoms with E-state index in [0.717, 1.165) is 5.56 Å². The maximum absolute atomic E-state index is 12.6. The van der Waals surface area contributed by atoms with E-state index >= 15 is 0 Å². The van der Waals surface area contributed by atoms with Gasteiger partial charge < -0.3 is 5.32 Å². The summed E-state index contributed by atoms with van der Waals surface area (Å²) in [6, 6.07) is 9.39. The average Bonchev–Trinajstić information content (AvgIpc) is 3.06. The van der Waals surface area contributed by atoms with E-state index in [0.29, 0.717) is 10.8 Å². The van der Waals surface area contributed by atoms with E-state index in [1.54, 1.807) is 23.0 Å². The fraction of sp³-hybridized carbons (Fsp3) is 0.154. The summed E-state index contributed by atoms with van der Waals surface area (Å²) in [5.41, 5.74) is 0.901. The summed E-state index contributed by atoms with van der Waals surface area (Å²) in [6.07, 6.45) is 1.70. The largest absolute Gasteiger partial charge is 0.371 e. The van der Waals surface area contributed by atoms with Gasteiger partial charge in [-0.3, -0.25) is 4.40 Å². The van der Waals surface area contributed by atoms with Crippen molar-refractivity contribution in [2.24, 2.45) is 0 Å². The Balaban J connectivity index is 1.94. The van der Waals surface area contributed by atoms with E-state index in [9.17, 15) is 8.42 Å². The van der Waals surface area contributed by atoms with Crippen LogP contribution in [0.4, 0.5) is 5.82 Å². The number of fused-ring (bicyclic) bond motifs is 1. The number of nitrogens with one attached hydrogen (secondary N) is 2. The molecular formula is C13H14N4O2S2. The molecule has 21 heavy (non-hydrogen) atoms. The van der Waals surface area contributed by atoms with Gasteiger partial charge in [0.25, 0.3) is 10.0 Å². The van der Waals surface area contributed by atoms with Crippen LogP contribution in [-0.2, 0) is 16.6 Å². The van der Waals surface area contributed by atoms with E-state index in [2.05, 4.69) is 15.0 Å². The lowest BCUT2D eigenvalue weighted by Crippen LogP contribution is -2.25. The van der Waals surface area contributed by atoms with Gasteiger partial charge in [-0.1, -0.05) is 30.3 Å². The second-order valence-electron chi connectivity index (χ2n) is 4.38. The zero-order valence-electron chi connectivity index (χ0n) is 11.3. The second kappa shape index (κ2) is 5.47. The molecule has 6 nitrogen and oxygen atoms in total. The number of benzene rings is 1. The average molecular weight is 322 g/mol. The molecule has 0 radical (unpaired) electrons. The smallest absolute Gasteiger partial charge is 0.260 e. The van der Waals surface area contributed by atoms with Gasteiger partial charge in [0, 0.05) is 25.2 Å². The van der Waals surface area contributed by atoms with Gasteiger partial charge in [-0.25, -0.2) is 18.1 Å². The molecule has 0 atom stereocenters. The molecule has 0 spiro atoms. The highest BCUT2D eigenvalue weighted by Gasteiger charge is 2.25. The van der Waals surface area contributed by atoms with Crippen molar-refractivity contribution in [2.45, 2.75) is 11.6 Å². The van der Waals surface area contributed by atoms with E-state index in [1.807, 2.05) is 30.3 Å². The molecule has 0 saturated carbocycles. The number of hydrogen-bond acceptors (Lipinski definition) is 5. The predicted molar refractivity (Wildman–Crippen MR) is 83.1 cm³/mol. The second-order valence-corrected chi connectivity index (χ2v) is 6.94. The Hall–Kier alpha value is -1.90. The van der Waals surface area contributed by atoms with E-state index in [4.69, 9.17) is 0 Å². The number of imidazole rings is 1. The van der Waals surface area contributed by atoms with Crippen LogP contribution in [0.25, 0.3) is 4.96 Å². The highest BCUT2D eigenvalue weighted by molar-refractivity contribution is 7.89. The Kier molecular flexibility index (Phi) is 3.66. The topological polar surface area (TPSA) is 75.5 Å². The van der Waals surface area contributed by atoms with Gasteiger partial charge in [0.2, 0.25) is 0 Å². The number of aromatic nitrogens is 2. The molecule has 2 N–H and O–H groups in total. The first-order chi connectivity index (χ1) is 10.1. The van der Waals surface area contributed by atoms with Crippen molar-refractivity contribution in [1.29, 1.82) is 0 Å². The third-order valence-corrected chi connectivity index (χ3v) is 5.20. The van der Waals surface area contributed by atoms with Crippen molar-refractivity contribution >= 4 is 32.1 Å². The Labute approximate surface area is 126 Å². The van der Waals surface area contributed by atoms with Crippen LogP contribution in [0, 0.1) is 0 Å². The molecule has 0 saturated heterocycles. The summed E-state index contributed by atoms with van der Waals surface area (Å²) in [5, 5.41) is 4.77. The Morgan fingerprint density at radius 1 is 1.29 bits per heavy atom. The molecule has 3 rings (SSSR count). The summed E-state index contributed by atoms with van der Waals surface area (Å²) in [7, 11) is -2.00.